The molecule has 3 aromatic rings. The van der Waals surface area contributed by atoms with Crippen molar-refractivity contribution in [3.63, 3.8) is 0 Å². The van der Waals surface area contributed by atoms with Crippen molar-refractivity contribution >= 4 is 48.4 Å². The maximum atomic E-state index is 13.5. The topological polar surface area (TPSA) is 99.6 Å². The van der Waals surface area contributed by atoms with E-state index in [-0.39, 0.29) is 4.90 Å². The molecule has 0 spiro atoms. The lowest BCUT2D eigenvalue weighted by Gasteiger charge is -2.11. The number of halogens is 1. The number of nitrogens with one attached hydrogen (secondary N) is 1. The number of nitrogens with zero attached hydrogens (tertiary/aromatic N) is 2. The van der Waals surface area contributed by atoms with Crippen molar-refractivity contribution in [1.82, 2.24) is 4.98 Å². The van der Waals surface area contributed by atoms with Gasteiger partial charge in [-0.1, -0.05) is 11.3 Å². The van der Waals surface area contributed by atoms with Crippen LogP contribution in [0.3, 0.4) is 0 Å². The second kappa shape index (κ2) is 7.02. The number of anilines is 2. The molecule has 4 rings (SSSR count). The number of fused-ring (bicyclic) bond motifs is 1. The molecule has 0 aliphatic carbocycles. The average molecular weight is 421 g/mol. The van der Waals surface area contributed by atoms with Crippen molar-refractivity contribution in [2.75, 3.05) is 22.7 Å². The van der Waals surface area contributed by atoms with Crippen molar-refractivity contribution < 1.29 is 22.7 Å². The van der Waals surface area contributed by atoms with Crippen LogP contribution in [0, 0.1) is 5.82 Å². The minimum Gasteiger partial charge on any atom is -0.478 e. The van der Waals surface area contributed by atoms with E-state index in [0.717, 1.165) is 59.5 Å². The fourth-order valence-corrected chi connectivity index (χ4v) is 5.20. The maximum absolute atomic E-state index is 13.5. The lowest BCUT2D eigenvalue weighted by atomic mass is 10.2. The predicted octanol–water partition coefficient (Wildman–Crippen LogP) is 3.53. The molecule has 1 fully saturated rings. The van der Waals surface area contributed by atoms with E-state index in [0.29, 0.717) is 5.69 Å². The van der Waals surface area contributed by atoms with Crippen LogP contribution in [0.2, 0.25) is 0 Å². The van der Waals surface area contributed by atoms with Gasteiger partial charge in [-0.3, -0.25) is 4.72 Å². The third-order valence-electron chi connectivity index (χ3n) is 4.48. The number of benzene rings is 2. The molecule has 2 aromatic carbocycles. The summed E-state index contributed by atoms with van der Waals surface area (Å²) < 4.78 is 42.0. The second-order valence-electron chi connectivity index (χ2n) is 6.43. The number of rotatable bonds is 5. The largest absolute Gasteiger partial charge is 0.478 e. The van der Waals surface area contributed by atoms with Crippen LogP contribution in [-0.2, 0) is 10.0 Å². The lowest BCUT2D eigenvalue weighted by molar-refractivity contribution is 0.0691. The Morgan fingerprint density at radius 2 is 1.93 bits per heavy atom. The Morgan fingerprint density at radius 1 is 1.18 bits per heavy atom. The Morgan fingerprint density at radius 3 is 2.64 bits per heavy atom. The van der Waals surface area contributed by atoms with Gasteiger partial charge in [0.05, 0.1) is 26.4 Å². The minimum atomic E-state index is -4.07. The standard InChI is InChI=1S/C18H16FN3O4S2/c19-14-5-4-12(10-13(14)17(23)24)28(25,26)21-11-3-6-15-16(9-11)27-18(20-15)22-7-1-2-8-22/h3-6,9-10,21H,1-2,7-8H2,(H,23,24). The maximum Gasteiger partial charge on any atom is 0.338 e. The number of carbonyl (C=O) groups is 1. The van der Waals surface area contributed by atoms with Crippen LogP contribution >= 0.6 is 11.3 Å². The summed E-state index contributed by atoms with van der Waals surface area (Å²) in [7, 11) is -4.07. The zero-order valence-corrected chi connectivity index (χ0v) is 16.2. The van der Waals surface area contributed by atoms with E-state index in [1.165, 1.54) is 11.3 Å². The smallest absolute Gasteiger partial charge is 0.338 e. The molecule has 28 heavy (non-hydrogen) atoms. The molecule has 146 valence electrons. The van der Waals surface area contributed by atoms with Gasteiger partial charge in [-0.25, -0.2) is 22.6 Å². The SMILES string of the molecule is O=C(O)c1cc(S(=O)(=O)Nc2ccc3nc(N4CCCC4)sc3c2)ccc1F. The van der Waals surface area contributed by atoms with E-state index in [1.807, 2.05) is 0 Å². The molecule has 2 N–H and O–H groups in total. The fourth-order valence-electron chi connectivity index (χ4n) is 3.07. The number of hydrogen-bond donors (Lipinski definition) is 2. The van der Waals surface area contributed by atoms with Crippen molar-refractivity contribution in [3.05, 3.63) is 47.8 Å². The number of hydrogen-bond acceptors (Lipinski definition) is 6. The highest BCUT2D eigenvalue weighted by atomic mass is 32.2. The zero-order chi connectivity index (χ0) is 19.9. The Hall–Kier alpha value is -2.72. The minimum absolute atomic E-state index is 0.324. The van der Waals surface area contributed by atoms with Gasteiger partial charge in [-0.05, 0) is 49.2 Å². The first-order valence-electron chi connectivity index (χ1n) is 8.55. The quantitative estimate of drug-likeness (QED) is 0.654. The average Bonchev–Trinajstić information content (AvgIpc) is 3.30. The third kappa shape index (κ3) is 3.52. The first-order valence-corrected chi connectivity index (χ1v) is 10.8. The molecule has 0 radical (unpaired) electrons. The number of carboxylic acids is 1. The molecule has 2 heterocycles. The zero-order valence-electron chi connectivity index (χ0n) is 14.6. The highest BCUT2D eigenvalue weighted by Gasteiger charge is 2.20. The molecule has 0 saturated carbocycles. The van der Waals surface area contributed by atoms with Gasteiger partial charge in [-0.15, -0.1) is 0 Å². The van der Waals surface area contributed by atoms with Crippen molar-refractivity contribution in [2.45, 2.75) is 17.7 Å². The number of thiazole rings is 1. The van der Waals surface area contributed by atoms with Gasteiger partial charge in [0.1, 0.15) is 5.82 Å². The summed E-state index contributed by atoms with van der Waals surface area (Å²) in [4.78, 5) is 17.5. The van der Waals surface area contributed by atoms with Gasteiger partial charge >= 0.3 is 5.97 Å². The van der Waals surface area contributed by atoms with Crippen LogP contribution in [0.5, 0.6) is 0 Å². The van der Waals surface area contributed by atoms with Crippen LogP contribution in [-0.4, -0.2) is 37.6 Å². The summed E-state index contributed by atoms with van der Waals surface area (Å²) in [6.07, 6.45) is 2.27. The van der Waals surface area contributed by atoms with Crippen LogP contribution in [0.25, 0.3) is 10.2 Å². The number of aromatic nitrogens is 1. The van der Waals surface area contributed by atoms with E-state index in [2.05, 4.69) is 14.6 Å². The summed E-state index contributed by atoms with van der Waals surface area (Å²) in [6.45, 7) is 1.94. The predicted molar refractivity (Wildman–Crippen MR) is 105 cm³/mol. The van der Waals surface area contributed by atoms with E-state index < -0.39 is 27.4 Å². The highest BCUT2D eigenvalue weighted by molar-refractivity contribution is 7.92. The molecule has 1 aromatic heterocycles. The Bertz CT molecular complexity index is 1170. The molecular formula is C18H16FN3O4S2. The Labute approximate surface area is 164 Å². The number of sulfonamides is 1. The second-order valence-corrected chi connectivity index (χ2v) is 9.12. The van der Waals surface area contributed by atoms with Gasteiger partial charge in [0, 0.05) is 13.1 Å². The van der Waals surface area contributed by atoms with E-state index in [9.17, 15) is 17.6 Å². The van der Waals surface area contributed by atoms with Crippen LogP contribution in [0.4, 0.5) is 15.2 Å². The fraction of sp³-hybridized carbons (Fsp3) is 0.222. The summed E-state index contributed by atoms with van der Waals surface area (Å²) in [6, 6.07) is 7.67. The van der Waals surface area contributed by atoms with Crippen molar-refractivity contribution in [3.8, 4) is 0 Å². The van der Waals surface area contributed by atoms with Crippen LogP contribution in [0.1, 0.15) is 23.2 Å². The first kappa shape index (κ1) is 18.6. The van der Waals surface area contributed by atoms with E-state index in [4.69, 9.17) is 5.11 Å². The van der Waals surface area contributed by atoms with Crippen molar-refractivity contribution in [2.24, 2.45) is 0 Å². The molecule has 1 aliphatic rings. The van der Waals surface area contributed by atoms with Gasteiger partial charge in [0.15, 0.2) is 5.13 Å². The van der Waals surface area contributed by atoms with E-state index >= 15 is 0 Å². The lowest BCUT2D eigenvalue weighted by Crippen LogP contribution is -2.16. The molecule has 1 saturated heterocycles. The summed E-state index contributed by atoms with van der Waals surface area (Å²) in [5.41, 5.74) is 0.408. The van der Waals surface area contributed by atoms with Gasteiger partial charge in [-0.2, -0.15) is 0 Å². The van der Waals surface area contributed by atoms with Crippen LogP contribution < -0.4 is 9.62 Å². The normalized spacial score (nSPS) is 14.5. The molecule has 0 amide bonds. The number of carboxylic acid groups (broad SMARTS) is 1. The summed E-state index contributed by atoms with van der Waals surface area (Å²) >= 11 is 1.49. The van der Waals surface area contributed by atoms with Crippen molar-refractivity contribution in [1.29, 1.82) is 0 Å². The van der Waals surface area contributed by atoms with Gasteiger partial charge in [0.25, 0.3) is 10.0 Å². The van der Waals surface area contributed by atoms with Gasteiger partial charge < -0.3 is 10.0 Å². The summed E-state index contributed by atoms with van der Waals surface area (Å²) in [5, 5.41) is 9.91. The third-order valence-corrected chi connectivity index (χ3v) is 6.94. The Kier molecular flexibility index (Phi) is 4.68. The molecule has 0 bridgehead atoms. The number of aromatic carboxylic acids is 1. The molecular weight excluding hydrogens is 405 g/mol. The molecule has 0 unspecified atom stereocenters. The summed E-state index contributed by atoms with van der Waals surface area (Å²) in [5.74, 6) is -2.53. The molecule has 7 nitrogen and oxygen atoms in total. The van der Waals surface area contributed by atoms with Crippen LogP contribution in [0.15, 0.2) is 41.3 Å². The Balaban J connectivity index is 1.63. The van der Waals surface area contributed by atoms with E-state index in [1.54, 1.807) is 18.2 Å². The molecule has 1 aliphatic heterocycles. The highest BCUT2D eigenvalue weighted by Crippen LogP contribution is 2.33. The monoisotopic (exact) mass is 421 g/mol. The van der Waals surface area contributed by atoms with Gasteiger partial charge in [0.2, 0.25) is 0 Å². The molecule has 10 heteroatoms. The first-order chi connectivity index (χ1) is 13.3. The molecule has 0 atom stereocenters.